The van der Waals surface area contributed by atoms with Gasteiger partial charge in [-0.15, -0.1) is 0 Å². The van der Waals surface area contributed by atoms with E-state index < -0.39 is 5.97 Å². The first kappa shape index (κ1) is 9.99. The Bertz CT molecular complexity index is 188. The molecule has 0 rings (SSSR count). The van der Waals surface area contributed by atoms with Crippen LogP contribution in [0.2, 0.25) is 0 Å². The van der Waals surface area contributed by atoms with Gasteiger partial charge in [0.15, 0.2) is 0 Å². The first-order valence-corrected chi connectivity index (χ1v) is 3.49. The lowest BCUT2D eigenvalue weighted by Crippen LogP contribution is -2.28. The number of hydrogen-bond acceptors (Lipinski definition) is 2. The van der Waals surface area contributed by atoms with Gasteiger partial charge in [-0.2, -0.15) is 0 Å². The predicted molar refractivity (Wildman–Crippen MR) is 43.1 cm³/mol. The van der Waals surface area contributed by atoms with E-state index in [4.69, 9.17) is 5.11 Å². The zero-order chi connectivity index (χ0) is 8.85. The van der Waals surface area contributed by atoms with Crippen molar-refractivity contribution in [2.75, 3.05) is 7.05 Å². The molecule has 0 aliphatic rings. The van der Waals surface area contributed by atoms with Gasteiger partial charge in [-0.25, -0.2) is 4.79 Å². The molecule has 0 amide bonds. The van der Waals surface area contributed by atoms with Crippen molar-refractivity contribution in [3.63, 3.8) is 0 Å². The smallest absolute Gasteiger partial charge is 0.381 e. The third kappa shape index (κ3) is 4.40. The summed E-state index contributed by atoms with van der Waals surface area (Å²) in [5.41, 5.74) is 0. The van der Waals surface area contributed by atoms with Crippen LogP contribution in [0.25, 0.3) is 0 Å². The molecule has 62 valence electrons. The summed E-state index contributed by atoms with van der Waals surface area (Å²) in [5.74, 6) is 3.94. The average molecular weight is 155 g/mol. The van der Waals surface area contributed by atoms with E-state index in [1.807, 2.05) is 13.8 Å². The van der Waals surface area contributed by atoms with Crippen LogP contribution in [0, 0.1) is 17.8 Å². The Morgan fingerprint density at radius 3 is 2.36 bits per heavy atom. The molecule has 0 aliphatic heterocycles. The van der Waals surface area contributed by atoms with Crippen LogP contribution in [-0.4, -0.2) is 24.2 Å². The molecule has 3 nitrogen and oxygen atoms in total. The highest BCUT2D eigenvalue weighted by Gasteiger charge is 2.05. The van der Waals surface area contributed by atoms with Crippen molar-refractivity contribution in [1.29, 1.82) is 0 Å². The Morgan fingerprint density at radius 1 is 1.55 bits per heavy atom. The molecule has 0 bridgehead atoms. The fraction of sp³-hybridized carbons (Fsp3) is 0.625. The molecule has 0 spiro atoms. The van der Waals surface area contributed by atoms with E-state index in [1.54, 1.807) is 7.05 Å². The molecule has 0 fully saturated rings. The van der Waals surface area contributed by atoms with Gasteiger partial charge < -0.3 is 10.4 Å². The van der Waals surface area contributed by atoms with Gasteiger partial charge in [0.05, 0.1) is 6.04 Å². The van der Waals surface area contributed by atoms with Gasteiger partial charge in [0, 0.05) is 5.92 Å². The predicted octanol–water partition coefficient (Wildman–Crippen LogP) is 0.318. The summed E-state index contributed by atoms with van der Waals surface area (Å²) in [6, 6.07) is -0.0360. The monoisotopic (exact) mass is 155 g/mol. The van der Waals surface area contributed by atoms with Crippen molar-refractivity contribution in [2.45, 2.75) is 19.9 Å². The lowest BCUT2D eigenvalue weighted by Gasteiger charge is -2.12. The Labute approximate surface area is 66.8 Å². The number of carboxylic acid groups (broad SMARTS) is 1. The van der Waals surface area contributed by atoms with Crippen LogP contribution in [-0.2, 0) is 4.79 Å². The summed E-state index contributed by atoms with van der Waals surface area (Å²) in [5, 5.41) is 11.2. The van der Waals surface area contributed by atoms with Gasteiger partial charge in [0.2, 0.25) is 0 Å². The van der Waals surface area contributed by atoms with Crippen LogP contribution in [0.3, 0.4) is 0 Å². The molecule has 0 heterocycles. The highest BCUT2D eigenvalue weighted by molar-refractivity contribution is 5.86. The molecule has 0 saturated heterocycles. The number of nitrogens with one attached hydrogen (secondary N) is 1. The van der Waals surface area contributed by atoms with Crippen molar-refractivity contribution in [2.24, 2.45) is 5.92 Å². The number of carboxylic acids is 1. The van der Waals surface area contributed by atoms with Gasteiger partial charge in [-0.05, 0) is 13.0 Å². The van der Waals surface area contributed by atoms with Crippen molar-refractivity contribution < 1.29 is 9.90 Å². The Balaban J connectivity index is 4.10. The van der Waals surface area contributed by atoms with Crippen LogP contribution in [0.15, 0.2) is 0 Å². The average Bonchev–Trinajstić information content (AvgIpc) is 1.87. The molecule has 11 heavy (non-hydrogen) atoms. The molecule has 0 aromatic heterocycles. The molecule has 0 aliphatic carbocycles. The summed E-state index contributed by atoms with van der Waals surface area (Å²) in [6.45, 7) is 3.97. The molecular weight excluding hydrogens is 142 g/mol. The zero-order valence-corrected chi connectivity index (χ0v) is 7.01. The van der Waals surface area contributed by atoms with Gasteiger partial charge in [-0.1, -0.05) is 19.8 Å². The molecular formula is C8H13NO2. The van der Waals surface area contributed by atoms with Crippen LogP contribution < -0.4 is 5.32 Å². The van der Waals surface area contributed by atoms with Gasteiger partial charge >= 0.3 is 5.97 Å². The molecule has 0 aromatic rings. The molecule has 1 unspecified atom stereocenters. The number of carbonyl (C=O) groups is 1. The standard InChI is InChI=1S/C8H13NO2/c1-6(2)7(9-3)4-5-8(10)11/h6-7,9H,1-3H3,(H,10,11). The second-order valence-corrected chi connectivity index (χ2v) is 2.58. The van der Waals surface area contributed by atoms with Crippen molar-refractivity contribution in [3.05, 3.63) is 0 Å². The largest absolute Gasteiger partial charge is 0.472 e. The normalized spacial score (nSPS) is 12.0. The van der Waals surface area contributed by atoms with E-state index in [0.29, 0.717) is 5.92 Å². The quantitative estimate of drug-likeness (QED) is 0.564. The maximum Gasteiger partial charge on any atom is 0.381 e. The minimum Gasteiger partial charge on any atom is -0.472 e. The van der Waals surface area contributed by atoms with Crippen molar-refractivity contribution in [3.8, 4) is 11.8 Å². The van der Waals surface area contributed by atoms with Crippen LogP contribution >= 0.6 is 0 Å². The minimum atomic E-state index is -1.08. The summed E-state index contributed by atoms with van der Waals surface area (Å²) in [7, 11) is 1.77. The van der Waals surface area contributed by atoms with E-state index in [9.17, 15) is 4.79 Å². The fourth-order valence-electron chi connectivity index (χ4n) is 0.712. The SMILES string of the molecule is CNC(C#CC(=O)O)C(C)C. The summed E-state index contributed by atoms with van der Waals surface area (Å²) >= 11 is 0. The van der Waals surface area contributed by atoms with E-state index in [0.717, 1.165) is 0 Å². The topological polar surface area (TPSA) is 49.3 Å². The second-order valence-electron chi connectivity index (χ2n) is 2.58. The number of rotatable bonds is 2. The van der Waals surface area contributed by atoms with Crippen LogP contribution in [0.1, 0.15) is 13.8 Å². The van der Waals surface area contributed by atoms with Gasteiger partial charge in [0.25, 0.3) is 0 Å². The first-order valence-electron chi connectivity index (χ1n) is 3.49. The molecule has 0 radical (unpaired) electrons. The molecule has 0 aromatic carbocycles. The highest BCUT2D eigenvalue weighted by Crippen LogP contribution is 1.97. The maximum atomic E-state index is 10.0. The molecule has 0 saturated carbocycles. The minimum absolute atomic E-state index is 0.0360. The highest BCUT2D eigenvalue weighted by atomic mass is 16.4. The Kier molecular flexibility index (Phi) is 4.32. The summed E-state index contributed by atoms with van der Waals surface area (Å²) < 4.78 is 0. The molecule has 2 N–H and O–H groups in total. The molecule has 3 heteroatoms. The Hall–Kier alpha value is -1.01. The second kappa shape index (κ2) is 4.75. The van der Waals surface area contributed by atoms with E-state index in [1.165, 1.54) is 0 Å². The summed E-state index contributed by atoms with van der Waals surface area (Å²) in [6.07, 6.45) is 0. The fourth-order valence-corrected chi connectivity index (χ4v) is 0.712. The van der Waals surface area contributed by atoms with E-state index in [2.05, 4.69) is 17.2 Å². The molecule has 1 atom stereocenters. The third-order valence-corrected chi connectivity index (χ3v) is 1.31. The van der Waals surface area contributed by atoms with Crippen LogP contribution in [0.5, 0.6) is 0 Å². The number of hydrogen-bond donors (Lipinski definition) is 2. The van der Waals surface area contributed by atoms with Gasteiger partial charge in [-0.3, -0.25) is 0 Å². The lowest BCUT2D eigenvalue weighted by molar-refractivity contribution is -0.130. The van der Waals surface area contributed by atoms with Gasteiger partial charge in [0.1, 0.15) is 0 Å². The summed E-state index contributed by atoms with van der Waals surface area (Å²) in [4.78, 5) is 10.0. The first-order chi connectivity index (χ1) is 5.07. The third-order valence-electron chi connectivity index (χ3n) is 1.31. The van der Waals surface area contributed by atoms with Crippen molar-refractivity contribution in [1.82, 2.24) is 5.32 Å². The van der Waals surface area contributed by atoms with Crippen molar-refractivity contribution >= 4 is 5.97 Å². The maximum absolute atomic E-state index is 10.0. The number of aliphatic carboxylic acids is 1. The van der Waals surface area contributed by atoms with Crippen LogP contribution in [0.4, 0.5) is 0 Å². The lowest BCUT2D eigenvalue weighted by atomic mass is 10.1. The van der Waals surface area contributed by atoms with E-state index >= 15 is 0 Å². The Morgan fingerprint density at radius 2 is 2.09 bits per heavy atom. The van der Waals surface area contributed by atoms with E-state index in [-0.39, 0.29) is 6.04 Å². The zero-order valence-electron chi connectivity index (χ0n) is 7.01.